The predicted molar refractivity (Wildman–Crippen MR) is 71.8 cm³/mol. The molecule has 2 saturated carbocycles. The Balaban J connectivity index is 1.93. The van der Waals surface area contributed by atoms with Crippen LogP contribution in [0.4, 0.5) is 8.78 Å². The third-order valence-electron chi connectivity index (χ3n) is 4.83. The van der Waals surface area contributed by atoms with Crippen LogP contribution in [0.15, 0.2) is 0 Å². The van der Waals surface area contributed by atoms with E-state index in [-0.39, 0.29) is 5.66 Å². The van der Waals surface area contributed by atoms with E-state index in [1.807, 2.05) is 0 Å². The maximum absolute atomic E-state index is 13.6. The van der Waals surface area contributed by atoms with E-state index in [2.05, 4.69) is 16.2 Å². The largest absolute Gasteiger partial charge is 0.244 e. The van der Waals surface area contributed by atoms with Gasteiger partial charge in [0.05, 0.1) is 0 Å². The summed E-state index contributed by atoms with van der Waals surface area (Å²) in [5.41, 5.74) is -0.163. The zero-order valence-electron chi connectivity index (χ0n) is 10.7. The molecular formula is C14H25F2P. The number of hydrogen-bond donors (Lipinski definition) is 0. The van der Waals surface area contributed by atoms with Gasteiger partial charge in [0.2, 0.25) is 0 Å². The molecule has 2 rings (SSSR count). The summed E-state index contributed by atoms with van der Waals surface area (Å²) in [5, 5.41) is 0. The standard InChI is InChI=1S/C14H25F2P/c1-9-3-2-4-10(6-5-9)11-7-12(15)14(16)13(17)8-11/h9-14H,2-8,17H2,1H3. The fourth-order valence-electron chi connectivity index (χ4n) is 3.64. The molecule has 0 saturated heterocycles. The van der Waals surface area contributed by atoms with Crippen molar-refractivity contribution in [2.24, 2.45) is 17.8 Å². The second-order valence-corrected chi connectivity index (χ2v) is 7.09. The number of alkyl halides is 2. The van der Waals surface area contributed by atoms with Crippen LogP contribution in [0.25, 0.3) is 0 Å². The topological polar surface area (TPSA) is 0 Å². The molecule has 0 heterocycles. The Bertz CT molecular complexity index is 234. The van der Waals surface area contributed by atoms with Crippen LogP contribution in [0.5, 0.6) is 0 Å². The van der Waals surface area contributed by atoms with Crippen molar-refractivity contribution in [3.8, 4) is 0 Å². The Kier molecular flexibility index (Phi) is 4.80. The third kappa shape index (κ3) is 3.40. The molecule has 3 heteroatoms. The van der Waals surface area contributed by atoms with E-state index in [9.17, 15) is 8.78 Å². The summed E-state index contributed by atoms with van der Waals surface area (Å²) in [5.74, 6) is 1.89. The van der Waals surface area contributed by atoms with Crippen molar-refractivity contribution < 1.29 is 8.78 Å². The van der Waals surface area contributed by atoms with Crippen LogP contribution in [-0.4, -0.2) is 18.0 Å². The molecule has 0 amide bonds. The van der Waals surface area contributed by atoms with Gasteiger partial charge >= 0.3 is 0 Å². The first-order valence-electron chi connectivity index (χ1n) is 7.11. The average Bonchev–Trinajstić information content (AvgIpc) is 2.50. The normalized spacial score (nSPS) is 48.7. The van der Waals surface area contributed by atoms with Gasteiger partial charge in [-0.05, 0) is 37.0 Å². The van der Waals surface area contributed by atoms with Gasteiger partial charge < -0.3 is 0 Å². The highest BCUT2D eigenvalue weighted by Crippen LogP contribution is 2.42. The van der Waals surface area contributed by atoms with Gasteiger partial charge in [-0.15, -0.1) is 9.24 Å². The highest BCUT2D eigenvalue weighted by molar-refractivity contribution is 7.17. The van der Waals surface area contributed by atoms with Crippen LogP contribution in [0.3, 0.4) is 0 Å². The molecule has 2 aliphatic rings. The third-order valence-corrected chi connectivity index (χ3v) is 5.47. The lowest BCUT2D eigenvalue weighted by Crippen LogP contribution is -2.38. The van der Waals surface area contributed by atoms with Crippen molar-refractivity contribution in [3.63, 3.8) is 0 Å². The van der Waals surface area contributed by atoms with E-state index in [1.54, 1.807) is 0 Å². The van der Waals surface area contributed by atoms with E-state index in [0.29, 0.717) is 18.3 Å². The van der Waals surface area contributed by atoms with Crippen LogP contribution >= 0.6 is 9.24 Å². The Morgan fingerprint density at radius 3 is 2.41 bits per heavy atom. The number of halogens is 2. The lowest BCUT2D eigenvalue weighted by Gasteiger charge is -2.36. The summed E-state index contributed by atoms with van der Waals surface area (Å²) in [4.78, 5) is 0. The molecule has 0 nitrogen and oxygen atoms in total. The summed E-state index contributed by atoms with van der Waals surface area (Å²) in [6, 6.07) is 0. The molecule has 0 bridgehead atoms. The molecule has 0 radical (unpaired) electrons. The second-order valence-electron chi connectivity index (χ2n) is 6.23. The first kappa shape index (κ1) is 13.7. The maximum Gasteiger partial charge on any atom is 0.137 e. The van der Waals surface area contributed by atoms with Gasteiger partial charge in [0, 0.05) is 5.66 Å². The van der Waals surface area contributed by atoms with Crippen LogP contribution in [-0.2, 0) is 0 Å². The Labute approximate surface area is 106 Å². The van der Waals surface area contributed by atoms with Gasteiger partial charge in [0.25, 0.3) is 0 Å². The van der Waals surface area contributed by atoms with Crippen LogP contribution < -0.4 is 0 Å². The lowest BCUT2D eigenvalue weighted by atomic mass is 9.75. The number of hydrogen-bond acceptors (Lipinski definition) is 0. The minimum absolute atomic E-state index is 0.163. The van der Waals surface area contributed by atoms with Gasteiger partial charge in [-0.2, -0.15) is 0 Å². The van der Waals surface area contributed by atoms with Gasteiger partial charge in [0.1, 0.15) is 12.3 Å². The molecule has 0 spiro atoms. The maximum atomic E-state index is 13.6. The van der Waals surface area contributed by atoms with Crippen molar-refractivity contribution in [2.45, 2.75) is 69.9 Å². The minimum atomic E-state index is -1.25. The SMILES string of the molecule is CC1CCCC(C2CC(F)C(F)C(P)C2)CC1. The van der Waals surface area contributed by atoms with Crippen molar-refractivity contribution in [1.29, 1.82) is 0 Å². The van der Waals surface area contributed by atoms with Crippen molar-refractivity contribution in [1.82, 2.24) is 0 Å². The van der Waals surface area contributed by atoms with Crippen LogP contribution in [0, 0.1) is 17.8 Å². The van der Waals surface area contributed by atoms with Gasteiger partial charge in [-0.3, -0.25) is 0 Å². The van der Waals surface area contributed by atoms with Crippen molar-refractivity contribution >= 4 is 9.24 Å². The molecule has 0 aromatic heterocycles. The molecule has 7 atom stereocenters. The average molecular weight is 262 g/mol. The Morgan fingerprint density at radius 1 is 0.941 bits per heavy atom. The molecule has 17 heavy (non-hydrogen) atoms. The summed E-state index contributed by atoms with van der Waals surface area (Å²) in [7, 11) is 2.52. The summed E-state index contributed by atoms with van der Waals surface area (Å²) < 4.78 is 27.1. The molecule has 7 unspecified atom stereocenters. The van der Waals surface area contributed by atoms with Crippen molar-refractivity contribution in [3.05, 3.63) is 0 Å². The molecule has 0 aliphatic heterocycles. The zero-order valence-corrected chi connectivity index (χ0v) is 11.9. The monoisotopic (exact) mass is 262 g/mol. The van der Waals surface area contributed by atoms with Crippen LogP contribution in [0.1, 0.15) is 51.9 Å². The fraction of sp³-hybridized carbons (Fsp3) is 1.00. The molecular weight excluding hydrogens is 237 g/mol. The first-order valence-corrected chi connectivity index (χ1v) is 7.78. The highest BCUT2D eigenvalue weighted by Gasteiger charge is 2.39. The van der Waals surface area contributed by atoms with E-state index in [1.165, 1.54) is 32.1 Å². The zero-order chi connectivity index (χ0) is 12.4. The minimum Gasteiger partial charge on any atom is -0.244 e. The molecule has 0 aromatic rings. The van der Waals surface area contributed by atoms with Gasteiger partial charge in [-0.1, -0.05) is 32.6 Å². The smallest absolute Gasteiger partial charge is 0.137 e. The molecule has 2 aliphatic carbocycles. The van der Waals surface area contributed by atoms with E-state index < -0.39 is 12.3 Å². The van der Waals surface area contributed by atoms with Gasteiger partial charge in [-0.25, -0.2) is 8.78 Å². The summed E-state index contributed by atoms with van der Waals surface area (Å²) >= 11 is 0. The first-order chi connectivity index (χ1) is 8.08. The Hall–Kier alpha value is 0.290. The van der Waals surface area contributed by atoms with E-state index in [4.69, 9.17) is 0 Å². The highest BCUT2D eigenvalue weighted by atomic mass is 31.0. The van der Waals surface area contributed by atoms with E-state index in [0.717, 1.165) is 12.3 Å². The molecule has 0 N–H and O–H groups in total. The van der Waals surface area contributed by atoms with Crippen LogP contribution in [0.2, 0.25) is 0 Å². The molecule has 100 valence electrons. The fourth-order valence-corrected chi connectivity index (χ4v) is 4.23. The summed E-state index contributed by atoms with van der Waals surface area (Å²) in [6.07, 6.45) is 5.19. The lowest BCUT2D eigenvalue weighted by molar-refractivity contribution is 0.0699. The second kappa shape index (κ2) is 5.95. The number of rotatable bonds is 1. The molecule has 2 fully saturated rings. The molecule has 0 aromatic carbocycles. The summed E-state index contributed by atoms with van der Waals surface area (Å²) in [6.45, 7) is 2.32. The van der Waals surface area contributed by atoms with Crippen molar-refractivity contribution in [2.75, 3.05) is 0 Å². The Morgan fingerprint density at radius 2 is 1.71 bits per heavy atom. The van der Waals surface area contributed by atoms with E-state index >= 15 is 0 Å². The predicted octanol–water partition coefficient (Wildman–Crippen LogP) is 4.53. The quantitative estimate of drug-likeness (QED) is 0.481. The van der Waals surface area contributed by atoms with Gasteiger partial charge in [0.15, 0.2) is 0 Å².